The molecule has 8 heteroatoms. The lowest BCUT2D eigenvalue weighted by atomic mass is 10.1. The summed E-state index contributed by atoms with van der Waals surface area (Å²) >= 11 is 1.66. The summed E-state index contributed by atoms with van der Waals surface area (Å²) in [5.41, 5.74) is 1.33. The van der Waals surface area contributed by atoms with Gasteiger partial charge in [-0.15, -0.1) is 11.3 Å². The molecule has 1 aromatic carbocycles. The summed E-state index contributed by atoms with van der Waals surface area (Å²) in [6.45, 7) is 0.823. The first-order valence-electron chi connectivity index (χ1n) is 7.41. The number of thiophene rings is 1. The number of sulfonamides is 1. The Balaban J connectivity index is 1.89. The van der Waals surface area contributed by atoms with Crippen LogP contribution in [0.3, 0.4) is 0 Å². The average Bonchev–Trinajstić information content (AvgIpc) is 3.08. The van der Waals surface area contributed by atoms with Crippen molar-refractivity contribution in [1.82, 2.24) is 9.37 Å². The predicted octanol–water partition coefficient (Wildman–Crippen LogP) is 2.13. The van der Waals surface area contributed by atoms with Gasteiger partial charge < -0.3 is 0 Å². The first-order chi connectivity index (χ1) is 11.4. The van der Waals surface area contributed by atoms with E-state index in [9.17, 15) is 13.2 Å². The number of hydrogen-bond donors (Lipinski definition) is 0. The van der Waals surface area contributed by atoms with Crippen LogP contribution in [0.25, 0.3) is 0 Å². The van der Waals surface area contributed by atoms with Gasteiger partial charge in [0, 0.05) is 30.6 Å². The topological polar surface area (TPSA) is 66.9 Å². The number of hydrogen-bond acceptors (Lipinski definition) is 5. The summed E-state index contributed by atoms with van der Waals surface area (Å²) in [6, 6.07) is 8.03. The lowest BCUT2D eigenvalue weighted by Crippen LogP contribution is -2.35. The van der Waals surface area contributed by atoms with E-state index in [4.69, 9.17) is 4.84 Å². The molecular weight excluding hydrogens is 348 g/mol. The Kier molecular flexibility index (Phi) is 4.73. The second-order valence-corrected chi connectivity index (χ2v) is 8.41. The fraction of sp³-hybridized carbons (Fsp3) is 0.312. The maximum Gasteiger partial charge on any atom is 0.277 e. The van der Waals surface area contributed by atoms with Crippen LogP contribution in [-0.4, -0.2) is 44.4 Å². The van der Waals surface area contributed by atoms with Crippen molar-refractivity contribution < 1.29 is 18.0 Å². The monoisotopic (exact) mass is 366 g/mol. The van der Waals surface area contributed by atoms with E-state index in [1.54, 1.807) is 23.5 Å². The molecule has 0 bridgehead atoms. The Bertz CT molecular complexity index is 860. The molecule has 0 saturated heterocycles. The van der Waals surface area contributed by atoms with E-state index in [2.05, 4.69) is 0 Å². The number of benzene rings is 1. The van der Waals surface area contributed by atoms with Gasteiger partial charge in [0.2, 0.25) is 10.0 Å². The Morgan fingerprint density at radius 3 is 2.88 bits per heavy atom. The van der Waals surface area contributed by atoms with E-state index in [0.29, 0.717) is 13.1 Å². The highest BCUT2D eigenvalue weighted by molar-refractivity contribution is 7.89. The van der Waals surface area contributed by atoms with Crippen molar-refractivity contribution in [2.75, 3.05) is 20.7 Å². The van der Waals surface area contributed by atoms with Crippen molar-refractivity contribution in [3.63, 3.8) is 0 Å². The van der Waals surface area contributed by atoms with E-state index < -0.39 is 15.9 Å². The Hall–Kier alpha value is -1.74. The molecular formula is C16H18N2O4S2. The van der Waals surface area contributed by atoms with Gasteiger partial charge in [-0.3, -0.25) is 9.63 Å². The minimum atomic E-state index is -3.64. The number of amides is 1. The van der Waals surface area contributed by atoms with Gasteiger partial charge in [0.25, 0.3) is 5.91 Å². The fourth-order valence-corrected chi connectivity index (χ4v) is 4.99. The van der Waals surface area contributed by atoms with Gasteiger partial charge in [-0.2, -0.15) is 4.31 Å². The molecule has 0 radical (unpaired) electrons. The third kappa shape index (κ3) is 3.10. The van der Waals surface area contributed by atoms with Gasteiger partial charge in [-0.05, 0) is 41.6 Å². The molecule has 0 aliphatic carbocycles. The summed E-state index contributed by atoms with van der Waals surface area (Å²) in [6.07, 6.45) is 0.720. The highest BCUT2D eigenvalue weighted by Gasteiger charge is 2.29. The van der Waals surface area contributed by atoms with E-state index in [1.165, 1.54) is 35.5 Å². The highest BCUT2D eigenvalue weighted by atomic mass is 32.2. The number of rotatable bonds is 4. The van der Waals surface area contributed by atoms with Crippen molar-refractivity contribution in [2.24, 2.45) is 0 Å². The number of fused-ring (bicyclic) bond motifs is 1. The second kappa shape index (κ2) is 6.64. The van der Waals surface area contributed by atoms with Crippen molar-refractivity contribution in [3.05, 3.63) is 51.7 Å². The van der Waals surface area contributed by atoms with Crippen LogP contribution in [0.15, 0.2) is 40.6 Å². The van der Waals surface area contributed by atoms with Crippen LogP contribution in [0, 0.1) is 0 Å². The normalized spacial score (nSPS) is 15.1. The van der Waals surface area contributed by atoms with Crippen LogP contribution < -0.4 is 0 Å². The average molecular weight is 366 g/mol. The lowest BCUT2D eigenvalue weighted by molar-refractivity contribution is -0.0757. The smallest absolute Gasteiger partial charge is 0.274 e. The predicted molar refractivity (Wildman–Crippen MR) is 91.2 cm³/mol. The molecule has 0 N–H and O–H groups in total. The first-order valence-corrected chi connectivity index (χ1v) is 9.73. The lowest BCUT2D eigenvalue weighted by Gasteiger charge is -2.26. The van der Waals surface area contributed by atoms with Gasteiger partial charge in [0.15, 0.2) is 0 Å². The summed E-state index contributed by atoms with van der Waals surface area (Å²) in [4.78, 5) is 18.4. The molecule has 1 aliphatic rings. The van der Waals surface area contributed by atoms with Gasteiger partial charge in [0.05, 0.1) is 12.0 Å². The molecule has 24 heavy (non-hydrogen) atoms. The molecule has 0 fully saturated rings. The van der Waals surface area contributed by atoms with Crippen LogP contribution >= 0.6 is 11.3 Å². The summed E-state index contributed by atoms with van der Waals surface area (Å²) < 4.78 is 27.3. The second-order valence-electron chi connectivity index (χ2n) is 5.47. The highest BCUT2D eigenvalue weighted by Crippen LogP contribution is 2.28. The zero-order valence-electron chi connectivity index (χ0n) is 13.4. The molecule has 6 nitrogen and oxygen atoms in total. The number of hydroxylamine groups is 2. The van der Waals surface area contributed by atoms with Crippen molar-refractivity contribution >= 4 is 27.3 Å². The fourth-order valence-electron chi connectivity index (χ4n) is 2.63. The Morgan fingerprint density at radius 1 is 1.33 bits per heavy atom. The van der Waals surface area contributed by atoms with Gasteiger partial charge >= 0.3 is 0 Å². The molecule has 128 valence electrons. The molecule has 0 unspecified atom stereocenters. The van der Waals surface area contributed by atoms with Crippen LogP contribution in [0.1, 0.15) is 20.8 Å². The van der Waals surface area contributed by atoms with Crippen LogP contribution in [0.5, 0.6) is 0 Å². The van der Waals surface area contributed by atoms with E-state index in [-0.39, 0.29) is 10.5 Å². The third-order valence-corrected chi connectivity index (χ3v) is 6.92. The minimum Gasteiger partial charge on any atom is -0.274 e. The molecule has 2 aromatic rings. The van der Waals surface area contributed by atoms with E-state index >= 15 is 0 Å². The van der Waals surface area contributed by atoms with E-state index in [1.807, 2.05) is 11.4 Å². The maximum absolute atomic E-state index is 12.9. The Labute approximate surface area is 145 Å². The van der Waals surface area contributed by atoms with Crippen LogP contribution in [0.4, 0.5) is 0 Å². The quantitative estimate of drug-likeness (QED) is 0.778. The van der Waals surface area contributed by atoms with Crippen molar-refractivity contribution in [2.45, 2.75) is 17.9 Å². The van der Waals surface area contributed by atoms with Gasteiger partial charge in [-0.25, -0.2) is 13.5 Å². The van der Waals surface area contributed by atoms with Gasteiger partial charge in [0.1, 0.15) is 0 Å². The summed E-state index contributed by atoms with van der Waals surface area (Å²) in [5.74, 6) is -0.395. The minimum absolute atomic E-state index is 0.122. The third-order valence-electron chi connectivity index (χ3n) is 4.05. The van der Waals surface area contributed by atoms with Crippen LogP contribution in [-0.2, 0) is 27.8 Å². The number of carbonyl (C=O) groups is 1. The van der Waals surface area contributed by atoms with Crippen molar-refractivity contribution in [1.29, 1.82) is 0 Å². The van der Waals surface area contributed by atoms with E-state index in [0.717, 1.165) is 17.0 Å². The number of nitrogens with zero attached hydrogens (tertiary/aromatic N) is 2. The zero-order chi connectivity index (χ0) is 17.3. The largest absolute Gasteiger partial charge is 0.277 e. The SMILES string of the molecule is CON(C)C(=O)c1cccc(S(=O)(=O)N2CCc3sccc3C2)c1. The maximum atomic E-state index is 12.9. The summed E-state index contributed by atoms with van der Waals surface area (Å²) in [7, 11) is -0.787. The Morgan fingerprint density at radius 2 is 2.12 bits per heavy atom. The standard InChI is InChI=1S/C16H18N2O4S2/c1-17(22-2)16(19)12-4-3-5-14(10-12)24(20,21)18-8-6-15-13(11-18)7-9-23-15/h3-5,7,9-10H,6,8,11H2,1-2H3. The number of carbonyl (C=O) groups excluding carboxylic acids is 1. The summed E-state index contributed by atoms with van der Waals surface area (Å²) in [5, 5.41) is 3.05. The van der Waals surface area contributed by atoms with Crippen LogP contribution in [0.2, 0.25) is 0 Å². The first kappa shape index (κ1) is 17.1. The molecule has 2 heterocycles. The molecule has 1 amide bonds. The molecule has 0 saturated carbocycles. The zero-order valence-corrected chi connectivity index (χ0v) is 15.1. The molecule has 3 rings (SSSR count). The molecule has 1 aromatic heterocycles. The molecule has 0 spiro atoms. The van der Waals surface area contributed by atoms with Crippen molar-refractivity contribution in [3.8, 4) is 0 Å². The molecule has 0 atom stereocenters. The van der Waals surface area contributed by atoms with Gasteiger partial charge in [-0.1, -0.05) is 6.07 Å². The molecule has 1 aliphatic heterocycles.